The normalized spacial score (nSPS) is 11.0. The zero-order valence-electron chi connectivity index (χ0n) is 12.2. The van der Waals surface area contributed by atoms with E-state index in [-0.39, 0.29) is 27.2 Å². The Morgan fingerprint density at radius 3 is 2.16 bits per heavy atom. The van der Waals surface area contributed by atoms with Crippen LogP contribution in [0, 0.1) is 5.82 Å². The predicted molar refractivity (Wildman–Crippen MR) is 84.9 cm³/mol. The third-order valence-electron chi connectivity index (χ3n) is 3.60. The van der Waals surface area contributed by atoms with Crippen LogP contribution in [0.15, 0.2) is 24.4 Å². The first-order chi connectivity index (χ1) is 11.7. The van der Waals surface area contributed by atoms with E-state index in [2.05, 4.69) is 4.98 Å². The Balaban J connectivity index is 2.35. The molecule has 2 aromatic carbocycles. The summed E-state index contributed by atoms with van der Waals surface area (Å²) in [5.74, 6) is -8.19. The Morgan fingerprint density at radius 1 is 0.960 bits per heavy atom. The molecule has 0 radical (unpaired) electrons. The van der Waals surface area contributed by atoms with Crippen LogP contribution in [0.2, 0.25) is 5.02 Å². The highest BCUT2D eigenvalue weighted by molar-refractivity contribution is 6.37. The third kappa shape index (κ3) is 2.43. The van der Waals surface area contributed by atoms with Gasteiger partial charge in [0.05, 0.1) is 16.1 Å². The number of rotatable bonds is 2. The van der Waals surface area contributed by atoms with Gasteiger partial charge in [0.1, 0.15) is 11.3 Å². The maximum atomic E-state index is 13.5. The zero-order valence-corrected chi connectivity index (χ0v) is 12.9. The number of benzene rings is 2. The number of hydrogen-bond acceptors (Lipinski definition) is 7. The van der Waals surface area contributed by atoms with E-state index in [0.29, 0.717) is 0 Å². The number of phenolic OH excluding ortho intramolecular Hbond substituents is 5. The number of nitrogens with zero attached hydrogens (tertiary/aromatic N) is 1. The first-order valence-electron chi connectivity index (χ1n) is 6.71. The van der Waals surface area contributed by atoms with Gasteiger partial charge in [-0.15, -0.1) is 0 Å². The molecule has 0 unspecified atom stereocenters. The van der Waals surface area contributed by atoms with E-state index in [1.54, 1.807) is 0 Å². The fourth-order valence-electron chi connectivity index (χ4n) is 2.40. The molecule has 3 rings (SSSR count). The molecule has 128 valence electrons. The van der Waals surface area contributed by atoms with Crippen molar-refractivity contribution in [1.29, 1.82) is 0 Å². The van der Waals surface area contributed by atoms with Gasteiger partial charge in [-0.25, -0.2) is 0 Å². The van der Waals surface area contributed by atoms with Crippen LogP contribution in [0.5, 0.6) is 28.7 Å². The maximum absolute atomic E-state index is 13.5. The number of aromatic nitrogens is 1. The predicted octanol–water partition coefficient (Wildman–Crippen LogP) is 2.79. The van der Waals surface area contributed by atoms with Gasteiger partial charge in [0.25, 0.3) is 0 Å². The summed E-state index contributed by atoms with van der Waals surface area (Å²) in [6, 6.07) is 3.84. The molecule has 3 aromatic rings. The molecule has 1 aromatic heterocycles. The van der Waals surface area contributed by atoms with Crippen LogP contribution in [0.25, 0.3) is 10.9 Å². The topological polar surface area (TPSA) is 131 Å². The van der Waals surface area contributed by atoms with Gasteiger partial charge < -0.3 is 25.5 Å². The van der Waals surface area contributed by atoms with Crippen LogP contribution in [-0.2, 0) is 0 Å². The van der Waals surface area contributed by atoms with Crippen molar-refractivity contribution < 1.29 is 34.7 Å². The number of halogens is 2. The summed E-state index contributed by atoms with van der Waals surface area (Å²) in [4.78, 5) is 16.7. The highest BCUT2D eigenvalue weighted by Gasteiger charge is 2.30. The van der Waals surface area contributed by atoms with Crippen molar-refractivity contribution in [3.8, 4) is 28.7 Å². The fraction of sp³-hybridized carbons (Fsp3) is 0. The molecule has 1 heterocycles. The highest BCUT2D eigenvalue weighted by Crippen LogP contribution is 2.46. The van der Waals surface area contributed by atoms with Crippen molar-refractivity contribution in [2.24, 2.45) is 0 Å². The second-order valence-electron chi connectivity index (χ2n) is 5.10. The van der Waals surface area contributed by atoms with Gasteiger partial charge >= 0.3 is 0 Å². The van der Waals surface area contributed by atoms with Gasteiger partial charge in [0.15, 0.2) is 23.0 Å². The first kappa shape index (κ1) is 16.6. The Hall–Kier alpha value is -3.26. The van der Waals surface area contributed by atoms with Gasteiger partial charge in [0.2, 0.25) is 11.6 Å². The number of pyridine rings is 1. The molecule has 0 bridgehead atoms. The van der Waals surface area contributed by atoms with Crippen LogP contribution in [0.3, 0.4) is 0 Å². The number of ketones is 1. The van der Waals surface area contributed by atoms with Gasteiger partial charge in [-0.05, 0) is 12.1 Å². The summed E-state index contributed by atoms with van der Waals surface area (Å²) in [5, 5.41) is 48.1. The summed E-state index contributed by atoms with van der Waals surface area (Å²) in [5.41, 5.74) is -0.983. The molecular formula is C16H9ClFNO6. The van der Waals surface area contributed by atoms with E-state index in [1.807, 2.05) is 0 Å². The van der Waals surface area contributed by atoms with E-state index in [4.69, 9.17) is 11.6 Å². The van der Waals surface area contributed by atoms with Gasteiger partial charge in [-0.2, -0.15) is 4.39 Å². The number of carbonyl (C=O) groups excluding carboxylic acids is 1. The zero-order chi connectivity index (χ0) is 18.5. The Labute approximate surface area is 143 Å². The smallest absolute Gasteiger partial charge is 0.214 e. The summed E-state index contributed by atoms with van der Waals surface area (Å²) >= 11 is 6.00. The molecule has 0 aliphatic rings. The summed E-state index contributed by atoms with van der Waals surface area (Å²) in [6.45, 7) is 0. The lowest BCUT2D eigenvalue weighted by Crippen LogP contribution is -2.06. The number of fused-ring (bicyclic) bond motifs is 1. The van der Waals surface area contributed by atoms with Crippen LogP contribution < -0.4 is 0 Å². The average molecular weight is 366 g/mol. The first-order valence-corrected chi connectivity index (χ1v) is 7.09. The molecule has 9 heteroatoms. The second kappa shape index (κ2) is 5.67. The van der Waals surface area contributed by atoms with E-state index in [0.717, 1.165) is 6.20 Å². The summed E-state index contributed by atoms with van der Waals surface area (Å²) < 4.78 is 13.5. The van der Waals surface area contributed by atoms with Gasteiger partial charge in [0, 0.05) is 17.6 Å². The van der Waals surface area contributed by atoms with Crippen LogP contribution in [0.1, 0.15) is 15.9 Å². The Bertz CT molecular complexity index is 1020. The van der Waals surface area contributed by atoms with Crippen LogP contribution in [0.4, 0.5) is 4.39 Å². The van der Waals surface area contributed by atoms with Crippen molar-refractivity contribution in [1.82, 2.24) is 4.98 Å². The lowest BCUT2D eigenvalue weighted by atomic mass is 9.97. The van der Waals surface area contributed by atoms with E-state index in [1.165, 1.54) is 18.2 Å². The molecule has 0 amide bonds. The molecule has 0 aliphatic heterocycles. The van der Waals surface area contributed by atoms with Crippen LogP contribution in [-0.4, -0.2) is 36.3 Å². The van der Waals surface area contributed by atoms with Crippen LogP contribution >= 0.6 is 11.6 Å². The number of carbonyl (C=O) groups is 1. The van der Waals surface area contributed by atoms with Crippen molar-refractivity contribution in [3.63, 3.8) is 0 Å². The fourth-order valence-corrected chi connectivity index (χ4v) is 2.63. The molecule has 5 N–H and O–H groups in total. The molecular weight excluding hydrogens is 357 g/mol. The average Bonchev–Trinajstić information content (AvgIpc) is 2.58. The largest absolute Gasteiger partial charge is 0.508 e. The SMILES string of the molecule is O=C(c1c(O)c(O)c(F)c(O)c1O)c1c(Cl)cnc2cc(O)ccc12. The summed E-state index contributed by atoms with van der Waals surface area (Å²) in [7, 11) is 0. The lowest BCUT2D eigenvalue weighted by Gasteiger charge is -2.13. The maximum Gasteiger partial charge on any atom is 0.214 e. The molecule has 0 saturated heterocycles. The molecule has 7 nitrogen and oxygen atoms in total. The molecule has 25 heavy (non-hydrogen) atoms. The molecule has 0 atom stereocenters. The third-order valence-corrected chi connectivity index (χ3v) is 3.89. The van der Waals surface area contributed by atoms with Crippen molar-refractivity contribution in [2.45, 2.75) is 0 Å². The quantitative estimate of drug-likeness (QED) is 0.268. The number of hydrogen-bond donors (Lipinski definition) is 5. The summed E-state index contributed by atoms with van der Waals surface area (Å²) in [6.07, 6.45) is 1.11. The van der Waals surface area contributed by atoms with Crippen molar-refractivity contribution >= 4 is 28.3 Å². The minimum atomic E-state index is -1.68. The standard InChI is InChI=1S/C16H9ClFNO6/c17-7-4-19-8-3-5(20)1-2-6(8)9(7)12(21)10-13(22)15(24)11(18)16(25)14(10)23/h1-4,20,22-25H. The van der Waals surface area contributed by atoms with E-state index < -0.39 is 40.2 Å². The van der Waals surface area contributed by atoms with E-state index in [9.17, 15) is 34.7 Å². The van der Waals surface area contributed by atoms with Crippen molar-refractivity contribution in [3.05, 3.63) is 46.4 Å². The number of phenols is 5. The van der Waals surface area contributed by atoms with Crippen molar-refractivity contribution in [2.75, 3.05) is 0 Å². The monoisotopic (exact) mass is 365 g/mol. The molecule has 0 fully saturated rings. The molecule has 0 saturated carbocycles. The van der Waals surface area contributed by atoms with E-state index >= 15 is 0 Å². The minimum Gasteiger partial charge on any atom is -0.508 e. The van der Waals surface area contributed by atoms with Gasteiger partial charge in [-0.1, -0.05) is 11.6 Å². The van der Waals surface area contributed by atoms with Gasteiger partial charge in [-0.3, -0.25) is 9.78 Å². The second-order valence-corrected chi connectivity index (χ2v) is 5.50. The molecule has 0 spiro atoms. The molecule has 0 aliphatic carbocycles. The Kier molecular flexibility index (Phi) is 3.77. The minimum absolute atomic E-state index is 0.122. The Morgan fingerprint density at radius 2 is 1.56 bits per heavy atom. The lowest BCUT2D eigenvalue weighted by molar-refractivity contribution is 0.103. The highest BCUT2D eigenvalue weighted by atomic mass is 35.5. The number of aromatic hydroxyl groups is 5.